The van der Waals surface area contributed by atoms with Crippen molar-refractivity contribution < 1.29 is 23.9 Å². The summed E-state index contributed by atoms with van der Waals surface area (Å²) in [5, 5.41) is 6.99. The van der Waals surface area contributed by atoms with Gasteiger partial charge in [0, 0.05) is 14.0 Å². The van der Waals surface area contributed by atoms with Crippen LogP contribution in [0.25, 0.3) is 0 Å². The van der Waals surface area contributed by atoms with Crippen molar-refractivity contribution in [1.82, 2.24) is 9.78 Å². The standard InChI is InChI=1S/C20H24N4O5/c1-11-18(12(2)23(5)22-11)21-19(26)13(3)28-20(27)17-10-24(14(4)25)15-8-6-7-9-16(15)29-17/h6-9,13,17H,10H2,1-5H3,(H,21,26)/t13-,17+/m0/s1. The maximum Gasteiger partial charge on any atom is 0.350 e. The molecule has 2 atom stereocenters. The Balaban J connectivity index is 1.68. The fourth-order valence-corrected chi connectivity index (χ4v) is 3.14. The van der Waals surface area contributed by atoms with E-state index >= 15 is 0 Å². The molecule has 1 aromatic heterocycles. The maximum atomic E-state index is 12.6. The molecule has 0 saturated heterocycles. The molecule has 9 heteroatoms. The van der Waals surface area contributed by atoms with Gasteiger partial charge in [0.2, 0.25) is 12.0 Å². The normalized spacial score (nSPS) is 16.4. The topological polar surface area (TPSA) is 103 Å². The minimum atomic E-state index is -1.05. The molecular weight excluding hydrogens is 376 g/mol. The number of fused-ring (bicyclic) bond motifs is 1. The Morgan fingerprint density at radius 1 is 1.28 bits per heavy atom. The van der Waals surface area contributed by atoms with Crippen molar-refractivity contribution in [2.24, 2.45) is 7.05 Å². The Morgan fingerprint density at radius 2 is 1.97 bits per heavy atom. The first-order valence-electron chi connectivity index (χ1n) is 9.24. The van der Waals surface area contributed by atoms with Gasteiger partial charge in [0.1, 0.15) is 5.75 Å². The smallest absolute Gasteiger partial charge is 0.350 e. The Hall–Kier alpha value is -3.36. The lowest BCUT2D eigenvalue weighted by atomic mass is 10.2. The van der Waals surface area contributed by atoms with Crippen LogP contribution in [0, 0.1) is 13.8 Å². The third-order valence-electron chi connectivity index (χ3n) is 4.84. The first kappa shape index (κ1) is 20.4. The molecule has 1 aliphatic heterocycles. The van der Waals surface area contributed by atoms with Gasteiger partial charge in [0.25, 0.3) is 5.91 Å². The predicted octanol–water partition coefficient (Wildman–Crippen LogP) is 1.72. The first-order chi connectivity index (χ1) is 13.7. The minimum absolute atomic E-state index is 0.0142. The van der Waals surface area contributed by atoms with Crippen LogP contribution in [0.3, 0.4) is 0 Å². The zero-order chi connectivity index (χ0) is 21.3. The van der Waals surface area contributed by atoms with E-state index in [-0.39, 0.29) is 12.5 Å². The van der Waals surface area contributed by atoms with Crippen LogP contribution in [0.2, 0.25) is 0 Å². The number of nitrogens with zero attached hydrogens (tertiary/aromatic N) is 3. The van der Waals surface area contributed by atoms with Crippen LogP contribution in [0.4, 0.5) is 11.4 Å². The van der Waals surface area contributed by atoms with Gasteiger partial charge in [-0.15, -0.1) is 0 Å². The summed E-state index contributed by atoms with van der Waals surface area (Å²) in [5.74, 6) is -0.994. The van der Waals surface area contributed by atoms with E-state index in [1.54, 1.807) is 42.9 Å². The SMILES string of the molecule is CC(=O)N1C[C@H](C(=O)O[C@@H](C)C(=O)Nc2c(C)nn(C)c2C)Oc2ccccc21. The molecule has 2 heterocycles. The lowest BCUT2D eigenvalue weighted by Crippen LogP contribution is -2.48. The number of hydrogen-bond acceptors (Lipinski definition) is 6. The molecule has 0 unspecified atom stereocenters. The second-order valence-electron chi connectivity index (χ2n) is 6.94. The van der Waals surface area contributed by atoms with Crippen molar-refractivity contribution in [1.29, 1.82) is 0 Å². The summed E-state index contributed by atoms with van der Waals surface area (Å²) < 4.78 is 12.7. The van der Waals surface area contributed by atoms with E-state index in [1.807, 2.05) is 6.92 Å². The molecular formula is C20H24N4O5. The van der Waals surface area contributed by atoms with Crippen LogP contribution < -0.4 is 15.0 Å². The van der Waals surface area contributed by atoms with Crippen molar-refractivity contribution in [2.75, 3.05) is 16.8 Å². The highest BCUT2D eigenvalue weighted by Gasteiger charge is 2.35. The summed E-state index contributed by atoms with van der Waals surface area (Å²) in [6, 6.07) is 6.95. The van der Waals surface area contributed by atoms with E-state index in [4.69, 9.17) is 9.47 Å². The third kappa shape index (κ3) is 4.08. The fraction of sp³-hybridized carbons (Fsp3) is 0.400. The van der Waals surface area contributed by atoms with Gasteiger partial charge in [0.15, 0.2) is 6.10 Å². The van der Waals surface area contributed by atoms with Crippen molar-refractivity contribution in [3.8, 4) is 5.75 Å². The molecule has 0 saturated carbocycles. The number of amides is 2. The lowest BCUT2D eigenvalue weighted by molar-refractivity contribution is -0.160. The van der Waals surface area contributed by atoms with E-state index in [9.17, 15) is 14.4 Å². The van der Waals surface area contributed by atoms with Gasteiger partial charge in [0.05, 0.1) is 29.3 Å². The monoisotopic (exact) mass is 400 g/mol. The number of benzene rings is 1. The van der Waals surface area contributed by atoms with Crippen molar-refractivity contribution in [3.05, 3.63) is 35.7 Å². The predicted molar refractivity (Wildman–Crippen MR) is 106 cm³/mol. The average molecular weight is 400 g/mol. The number of rotatable bonds is 4. The van der Waals surface area contributed by atoms with E-state index < -0.39 is 24.1 Å². The molecule has 9 nitrogen and oxygen atoms in total. The first-order valence-corrected chi connectivity index (χ1v) is 9.24. The van der Waals surface area contributed by atoms with E-state index in [1.165, 1.54) is 18.7 Å². The van der Waals surface area contributed by atoms with Gasteiger partial charge in [-0.3, -0.25) is 14.3 Å². The van der Waals surface area contributed by atoms with Crippen molar-refractivity contribution >= 4 is 29.2 Å². The molecule has 0 fully saturated rings. The molecule has 0 radical (unpaired) electrons. The maximum absolute atomic E-state index is 12.6. The number of ether oxygens (including phenoxy) is 2. The van der Waals surface area contributed by atoms with Crippen molar-refractivity contribution in [2.45, 2.75) is 39.9 Å². The van der Waals surface area contributed by atoms with Crippen LogP contribution in [0.1, 0.15) is 25.2 Å². The second-order valence-corrected chi connectivity index (χ2v) is 6.94. The van der Waals surface area contributed by atoms with Gasteiger partial charge in [-0.2, -0.15) is 5.10 Å². The van der Waals surface area contributed by atoms with Gasteiger partial charge in [-0.05, 0) is 32.9 Å². The number of para-hydroxylation sites is 2. The molecule has 1 N–H and O–H groups in total. The van der Waals surface area contributed by atoms with E-state index in [0.29, 0.717) is 22.8 Å². The number of aryl methyl sites for hydroxylation is 2. The zero-order valence-electron chi connectivity index (χ0n) is 17.1. The summed E-state index contributed by atoms with van der Waals surface area (Å²) in [6.45, 7) is 6.52. The molecule has 29 heavy (non-hydrogen) atoms. The number of carbonyl (C=O) groups is 3. The van der Waals surface area contributed by atoms with Gasteiger partial charge in [-0.1, -0.05) is 12.1 Å². The molecule has 2 amide bonds. The molecule has 0 aliphatic carbocycles. The van der Waals surface area contributed by atoms with Crippen LogP contribution in [0.5, 0.6) is 5.75 Å². The number of aromatic nitrogens is 2. The fourth-order valence-electron chi connectivity index (χ4n) is 3.14. The van der Waals surface area contributed by atoms with Gasteiger partial charge < -0.3 is 19.7 Å². The lowest BCUT2D eigenvalue weighted by Gasteiger charge is -2.33. The van der Waals surface area contributed by atoms with Crippen LogP contribution in [-0.2, 0) is 26.2 Å². The molecule has 2 aromatic rings. The highest BCUT2D eigenvalue weighted by molar-refractivity contribution is 5.97. The summed E-state index contributed by atoms with van der Waals surface area (Å²) in [5.41, 5.74) is 2.64. The highest BCUT2D eigenvalue weighted by Crippen LogP contribution is 2.33. The van der Waals surface area contributed by atoms with Gasteiger partial charge >= 0.3 is 5.97 Å². The Labute approximate surface area is 168 Å². The Bertz CT molecular complexity index is 968. The second kappa shape index (κ2) is 7.94. The van der Waals surface area contributed by atoms with Crippen molar-refractivity contribution in [3.63, 3.8) is 0 Å². The summed E-state index contributed by atoms with van der Waals surface area (Å²) in [6.07, 6.45) is -2.07. The number of esters is 1. The van der Waals surface area contributed by atoms with E-state index in [0.717, 1.165) is 5.69 Å². The number of nitrogens with one attached hydrogen (secondary N) is 1. The number of carbonyl (C=O) groups excluding carboxylic acids is 3. The highest BCUT2D eigenvalue weighted by atomic mass is 16.6. The van der Waals surface area contributed by atoms with Crippen LogP contribution >= 0.6 is 0 Å². The molecule has 3 rings (SSSR count). The average Bonchev–Trinajstić information content (AvgIpc) is 2.92. The largest absolute Gasteiger partial charge is 0.475 e. The molecule has 1 aliphatic rings. The van der Waals surface area contributed by atoms with Gasteiger partial charge in [-0.25, -0.2) is 4.79 Å². The summed E-state index contributed by atoms with van der Waals surface area (Å²) >= 11 is 0. The molecule has 0 bridgehead atoms. The van der Waals surface area contributed by atoms with Crippen LogP contribution in [0.15, 0.2) is 24.3 Å². The summed E-state index contributed by atoms with van der Waals surface area (Å²) in [7, 11) is 1.78. The Morgan fingerprint density at radius 3 is 2.59 bits per heavy atom. The number of hydrogen-bond donors (Lipinski definition) is 1. The third-order valence-corrected chi connectivity index (χ3v) is 4.84. The zero-order valence-corrected chi connectivity index (χ0v) is 17.1. The minimum Gasteiger partial charge on any atom is -0.475 e. The van der Waals surface area contributed by atoms with Crippen LogP contribution in [-0.4, -0.2) is 46.3 Å². The molecule has 1 aromatic carbocycles. The molecule has 0 spiro atoms. The quantitative estimate of drug-likeness (QED) is 0.784. The summed E-state index contributed by atoms with van der Waals surface area (Å²) in [4.78, 5) is 38.5. The Kier molecular flexibility index (Phi) is 5.58. The number of anilines is 2. The molecule has 154 valence electrons. The van der Waals surface area contributed by atoms with E-state index in [2.05, 4.69) is 10.4 Å².